The molecule has 18 heavy (non-hydrogen) atoms. The van der Waals surface area contributed by atoms with E-state index in [4.69, 9.17) is 11.0 Å². The fourth-order valence-electron chi connectivity index (χ4n) is 1.79. The molecular formula is C15H15N3. The van der Waals surface area contributed by atoms with Crippen molar-refractivity contribution in [2.75, 3.05) is 17.6 Å². The van der Waals surface area contributed by atoms with E-state index in [0.717, 1.165) is 18.7 Å². The summed E-state index contributed by atoms with van der Waals surface area (Å²) in [4.78, 5) is 0. The molecule has 0 saturated heterocycles. The van der Waals surface area contributed by atoms with Gasteiger partial charge in [-0.15, -0.1) is 0 Å². The molecule has 2 aromatic rings. The summed E-state index contributed by atoms with van der Waals surface area (Å²) in [5.74, 6) is 0. The van der Waals surface area contributed by atoms with Crippen LogP contribution in [0.25, 0.3) is 0 Å². The third-order valence-corrected chi connectivity index (χ3v) is 2.74. The van der Waals surface area contributed by atoms with Crippen LogP contribution in [0.1, 0.15) is 11.1 Å². The maximum atomic E-state index is 9.01. The number of nitrogens with two attached hydrogens (primary N) is 1. The van der Waals surface area contributed by atoms with Gasteiger partial charge in [0, 0.05) is 12.2 Å². The molecule has 0 atom stereocenters. The number of nitriles is 1. The standard InChI is InChI=1S/C15H15N3/c16-11-13-10-14(17)6-7-15(13)18-9-8-12-4-2-1-3-5-12/h1-7,10,18H,8-9,17H2. The molecule has 3 nitrogen and oxygen atoms in total. The van der Waals surface area contributed by atoms with Crippen molar-refractivity contribution < 1.29 is 0 Å². The molecule has 0 aromatic heterocycles. The third kappa shape index (κ3) is 3.02. The first-order chi connectivity index (χ1) is 8.79. The summed E-state index contributed by atoms with van der Waals surface area (Å²) in [6.07, 6.45) is 0.927. The molecule has 0 aliphatic heterocycles. The minimum absolute atomic E-state index is 0.586. The highest BCUT2D eigenvalue weighted by Crippen LogP contribution is 2.17. The molecule has 2 rings (SSSR count). The van der Waals surface area contributed by atoms with E-state index in [1.54, 1.807) is 12.1 Å². The molecule has 0 aliphatic carbocycles. The van der Waals surface area contributed by atoms with Crippen molar-refractivity contribution in [3.63, 3.8) is 0 Å². The monoisotopic (exact) mass is 237 g/mol. The SMILES string of the molecule is N#Cc1cc(N)ccc1NCCc1ccccc1. The predicted octanol–water partition coefficient (Wildman–Crippen LogP) is 2.80. The highest BCUT2D eigenvalue weighted by Gasteiger charge is 2.01. The predicted molar refractivity (Wildman–Crippen MR) is 74.2 cm³/mol. The second-order valence-electron chi connectivity index (χ2n) is 4.08. The number of rotatable bonds is 4. The van der Waals surface area contributed by atoms with Crippen molar-refractivity contribution in [1.29, 1.82) is 5.26 Å². The zero-order valence-electron chi connectivity index (χ0n) is 10.1. The number of hydrogen-bond acceptors (Lipinski definition) is 3. The van der Waals surface area contributed by atoms with E-state index in [2.05, 4.69) is 23.5 Å². The van der Waals surface area contributed by atoms with Crippen LogP contribution in [0.2, 0.25) is 0 Å². The molecule has 0 fully saturated rings. The Morgan fingerprint density at radius 3 is 2.61 bits per heavy atom. The van der Waals surface area contributed by atoms with Gasteiger partial charge in [-0.2, -0.15) is 5.26 Å². The Labute approximate surface area is 107 Å². The summed E-state index contributed by atoms with van der Waals surface area (Å²) in [7, 11) is 0. The Balaban J connectivity index is 1.97. The summed E-state index contributed by atoms with van der Waals surface area (Å²) >= 11 is 0. The van der Waals surface area contributed by atoms with Gasteiger partial charge in [-0.05, 0) is 30.2 Å². The number of anilines is 2. The number of hydrogen-bond donors (Lipinski definition) is 2. The molecule has 2 aromatic carbocycles. The maximum Gasteiger partial charge on any atom is 0.101 e. The van der Waals surface area contributed by atoms with Gasteiger partial charge in [0.25, 0.3) is 0 Å². The second-order valence-corrected chi connectivity index (χ2v) is 4.08. The molecule has 0 radical (unpaired) electrons. The lowest BCUT2D eigenvalue weighted by atomic mass is 10.1. The Hall–Kier alpha value is -2.47. The van der Waals surface area contributed by atoms with Crippen molar-refractivity contribution in [2.45, 2.75) is 6.42 Å². The molecule has 0 heterocycles. The minimum atomic E-state index is 0.586. The molecule has 0 aliphatic rings. The van der Waals surface area contributed by atoms with Gasteiger partial charge in [0.15, 0.2) is 0 Å². The molecule has 0 saturated carbocycles. The smallest absolute Gasteiger partial charge is 0.101 e. The summed E-state index contributed by atoms with van der Waals surface area (Å²) < 4.78 is 0. The van der Waals surface area contributed by atoms with Crippen LogP contribution in [0, 0.1) is 11.3 Å². The van der Waals surface area contributed by atoms with E-state index in [1.807, 2.05) is 24.3 Å². The Morgan fingerprint density at radius 2 is 1.89 bits per heavy atom. The molecule has 0 amide bonds. The first kappa shape index (κ1) is 12.0. The molecule has 0 spiro atoms. The van der Waals surface area contributed by atoms with Gasteiger partial charge in [0.05, 0.1) is 11.3 Å². The average Bonchev–Trinajstić information content (AvgIpc) is 2.41. The molecule has 90 valence electrons. The fraction of sp³-hybridized carbons (Fsp3) is 0.133. The van der Waals surface area contributed by atoms with Crippen LogP contribution in [0.5, 0.6) is 0 Å². The highest BCUT2D eigenvalue weighted by atomic mass is 14.9. The zero-order valence-corrected chi connectivity index (χ0v) is 10.1. The lowest BCUT2D eigenvalue weighted by molar-refractivity contribution is 1.02. The van der Waals surface area contributed by atoms with E-state index in [9.17, 15) is 0 Å². The lowest BCUT2D eigenvalue weighted by Gasteiger charge is -2.08. The van der Waals surface area contributed by atoms with Crippen LogP contribution in [0.3, 0.4) is 0 Å². The number of benzene rings is 2. The molecule has 3 N–H and O–H groups in total. The number of nitrogens with one attached hydrogen (secondary N) is 1. The first-order valence-corrected chi connectivity index (χ1v) is 5.87. The van der Waals surface area contributed by atoms with Crippen LogP contribution in [-0.2, 0) is 6.42 Å². The van der Waals surface area contributed by atoms with Crippen molar-refractivity contribution in [1.82, 2.24) is 0 Å². The Morgan fingerprint density at radius 1 is 1.11 bits per heavy atom. The van der Waals surface area contributed by atoms with Crippen LogP contribution in [0.4, 0.5) is 11.4 Å². The van der Waals surface area contributed by atoms with E-state index < -0.39 is 0 Å². The van der Waals surface area contributed by atoms with Gasteiger partial charge in [0.1, 0.15) is 6.07 Å². The average molecular weight is 237 g/mol. The summed E-state index contributed by atoms with van der Waals surface area (Å²) in [6, 6.07) is 17.7. The molecule has 0 unspecified atom stereocenters. The van der Waals surface area contributed by atoms with E-state index in [1.165, 1.54) is 5.56 Å². The van der Waals surface area contributed by atoms with Crippen LogP contribution in [0.15, 0.2) is 48.5 Å². The summed E-state index contributed by atoms with van der Waals surface area (Å²) in [5.41, 5.74) is 8.95. The summed E-state index contributed by atoms with van der Waals surface area (Å²) in [6.45, 7) is 0.794. The van der Waals surface area contributed by atoms with Crippen LogP contribution >= 0.6 is 0 Å². The third-order valence-electron chi connectivity index (χ3n) is 2.74. The highest BCUT2D eigenvalue weighted by molar-refractivity contribution is 5.62. The quantitative estimate of drug-likeness (QED) is 0.804. The van der Waals surface area contributed by atoms with Gasteiger partial charge in [0.2, 0.25) is 0 Å². The summed E-state index contributed by atoms with van der Waals surface area (Å²) in [5, 5.41) is 12.3. The van der Waals surface area contributed by atoms with Crippen molar-refractivity contribution in [2.24, 2.45) is 0 Å². The molecule has 0 bridgehead atoms. The van der Waals surface area contributed by atoms with Crippen molar-refractivity contribution >= 4 is 11.4 Å². The van der Waals surface area contributed by atoms with Gasteiger partial charge in [-0.1, -0.05) is 30.3 Å². The largest absolute Gasteiger partial charge is 0.399 e. The maximum absolute atomic E-state index is 9.01. The minimum Gasteiger partial charge on any atom is -0.399 e. The van der Waals surface area contributed by atoms with Gasteiger partial charge in [-0.25, -0.2) is 0 Å². The van der Waals surface area contributed by atoms with E-state index in [-0.39, 0.29) is 0 Å². The normalized spacial score (nSPS) is 9.72. The molecule has 3 heteroatoms. The van der Waals surface area contributed by atoms with Crippen molar-refractivity contribution in [3.8, 4) is 6.07 Å². The number of nitrogens with zero attached hydrogens (tertiary/aromatic N) is 1. The Bertz CT molecular complexity index is 556. The van der Waals surface area contributed by atoms with Crippen LogP contribution in [-0.4, -0.2) is 6.54 Å². The van der Waals surface area contributed by atoms with Crippen LogP contribution < -0.4 is 11.1 Å². The Kier molecular flexibility index (Phi) is 3.83. The number of nitrogen functional groups attached to an aromatic ring is 1. The fourth-order valence-corrected chi connectivity index (χ4v) is 1.79. The topological polar surface area (TPSA) is 61.8 Å². The van der Waals surface area contributed by atoms with E-state index in [0.29, 0.717) is 11.3 Å². The van der Waals surface area contributed by atoms with Gasteiger partial charge >= 0.3 is 0 Å². The van der Waals surface area contributed by atoms with E-state index >= 15 is 0 Å². The first-order valence-electron chi connectivity index (χ1n) is 5.87. The van der Waals surface area contributed by atoms with Gasteiger partial charge in [-0.3, -0.25) is 0 Å². The lowest BCUT2D eigenvalue weighted by Crippen LogP contribution is -2.06. The second kappa shape index (κ2) is 5.74. The van der Waals surface area contributed by atoms with Gasteiger partial charge < -0.3 is 11.1 Å². The molecular weight excluding hydrogens is 222 g/mol. The van der Waals surface area contributed by atoms with Crippen molar-refractivity contribution in [3.05, 3.63) is 59.7 Å². The zero-order chi connectivity index (χ0) is 12.8.